The Kier molecular flexibility index (Phi) is 5.85. The number of amides is 3. The van der Waals surface area contributed by atoms with Crippen LogP contribution in [0.15, 0.2) is 24.3 Å². The van der Waals surface area contributed by atoms with E-state index in [4.69, 9.17) is 0 Å². The van der Waals surface area contributed by atoms with Gasteiger partial charge in [-0.3, -0.25) is 15.0 Å². The average molecular weight is 320 g/mol. The number of hydrogen-bond donors (Lipinski definition) is 2. The first-order valence-corrected chi connectivity index (χ1v) is 8.00. The Hall–Kier alpha value is -1.99. The van der Waals surface area contributed by atoms with Crippen molar-refractivity contribution in [3.63, 3.8) is 0 Å². The predicted octanol–water partition coefficient (Wildman–Crippen LogP) is 1.96. The summed E-state index contributed by atoms with van der Waals surface area (Å²) in [7, 11) is 1.83. The van der Waals surface area contributed by atoms with Gasteiger partial charge in [-0.1, -0.05) is 19.1 Å². The highest BCUT2D eigenvalue weighted by atomic mass is 32.1. The summed E-state index contributed by atoms with van der Waals surface area (Å²) in [6.07, 6.45) is 0.832. The number of thiazole rings is 1. The van der Waals surface area contributed by atoms with Gasteiger partial charge in [0, 0.05) is 6.54 Å². The summed E-state index contributed by atoms with van der Waals surface area (Å²) in [6, 6.07) is 7.50. The second kappa shape index (κ2) is 7.86. The van der Waals surface area contributed by atoms with Crippen molar-refractivity contribution in [2.24, 2.45) is 0 Å². The fourth-order valence-electron chi connectivity index (χ4n) is 1.97. The zero-order chi connectivity index (χ0) is 15.9. The molecule has 2 aromatic rings. The Morgan fingerprint density at radius 2 is 2.09 bits per heavy atom. The van der Waals surface area contributed by atoms with Gasteiger partial charge in [0.25, 0.3) is 0 Å². The predicted molar refractivity (Wildman–Crippen MR) is 87.8 cm³/mol. The number of carbonyl (C=O) groups excluding carboxylic acids is 2. The van der Waals surface area contributed by atoms with E-state index in [0.29, 0.717) is 13.1 Å². The molecule has 1 heterocycles. The molecule has 0 saturated carbocycles. The maximum Gasteiger partial charge on any atom is 0.321 e. The molecule has 0 atom stereocenters. The molecule has 2 N–H and O–H groups in total. The fraction of sp³-hybridized carbons (Fsp3) is 0.400. The average Bonchev–Trinajstić information content (AvgIpc) is 2.86. The number of fused-ring (bicyclic) bond motifs is 1. The van der Waals surface area contributed by atoms with Gasteiger partial charge in [-0.15, -0.1) is 11.3 Å². The smallest absolute Gasteiger partial charge is 0.321 e. The molecule has 1 aromatic heterocycles. The Morgan fingerprint density at radius 1 is 1.32 bits per heavy atom. The minimum absolute atomic E-state index is 0.148. The van der Waals surface area contributed by atoms with Crippen LogP contribution in [0.5, 0.6) is 0 Å². The van der Waals surface area contributed by atoms with Crippen LogP contribution in [0, 0.1) is 0 Å². The van der Waals surface area contributed by atoms with Gasteiger partial charge in [0.05, 0.1) is 23.3 Å². The lowest BCUT2D eigenvalue weighted by atomic mass is 10.3. The Morgan fingerprint density at radius 3 is 2.82 bits per heavy atom. The molecule has 0 aliphatic carbocycles. The van der Waals surface area contributed by atoms with Crippen LogP contribution in [-0.4, -0.2) is 42.0 Å². The van der Waals surface area contributed by atoms with Crippen LogP contribution in [-0.2, 0) is 11.3 Å². The second-order valence-electron chi connectivity index (χ2n) is 5.05. The number of rotatable bonds is 6. The van der Waals surface area contributed by atoms with Crippen LogP contribution in [0.4, 0.5) is 4.79 Å². The number of aromatic nitrogens is 1. The van der Waals surface area contributed by atoms with Crippen LogP contribution >= 0.6 is 11.3 Å². The summed E-state index contributed by atoms with van der Waals surface area (Å²) in [5.41, 5.74) is 0.972. The molecule has 0 aliphatic rings. The summed E-state index contributed by atoms with van der Waals surface area (Å²) in [5.74, 6) is -0.322. The standard InChI is InChI=1S/C15H20N4O2S/c1-3-8-16-15(21)18-13(20)9-19(2)10-14-17-11-6-4-5-7-12(11)22-14/h4-7H,3,8-10H2,1-2H3,(H2,16,18,20,21). The van der Waals surface area contributed by atoms with Crippen molar-refractivity contribution in [2.75, 3.05) is 20.1 Å². The van der Waals surface area contributed by atoms with E-state index in [1.54, 1.807) is 11.3 Å². The molecule has 0 aliphatic heterocycles. The number of urea groups is 1. The third-order valence-electron chi connectivity index (χ3n) is 2.95. The number of carbonyl (C=O) groups is 2. The molecule has 22 heavy (non-hydrogen) atoms. The zero-order valence-corrected chi connectivity index (χ0v) is 13.6. The van der Waals surface area contributed by atoms with Gasteiger partial charge in [0.1, 0.15) is 5.01 Å². The van der Waals surface area contributed by atoms with E-state index < -0.39 is 6.03 Å². The van der Waals surface area contributed by atoms with Gasteiger partial charge in [0.15, 0.2) is 0 Å². The Bertz CT molecular complexity index is 623. The minimum Gasteiger partial charge on any atom is -0.338 e. The largest absolute Gasteiger partial charge is 0.338 e. The molecule has 2 rings (SSSR count). The van der Waals surface area contributed by atoms with Gasteiger partial charge in [-0.2, -0.15) is 0 Å². The summed E-state index contributed by atoms with van der Waals surface area (Å²) in [6.45, 7) is 3.23. The number of hydrogen-bond acceptors (Lipinski definition) is 5. The van der Waals surface area contributed by atoms with Crippen LogP contribution < -0.4 is 10.6 Å². The second-order valence-corrected chi connectivity index (χ2v) is 6.17. The molecular weight excluding hydrogens is 300 g/mol. The number of nitrogens with zero attached hydrogens (tertiary/aromatic N) is 2. The maximum absolute atomic E-state index is 11.8. The summed E-state index contributed by atoms with van der Waals surface area (Å²) >= 11 is 1.61. The molecule has 1 aromatic carbocycles. The van der Waals surface area contributed by atoms with Crippen molar-refractivity contribution < 1.29 is 9.59 Å². The van der Waals surface area contributed by atoms with Crippen molar-refractivity contribution in [1.82, 2.24) is 20.5 Å². The van der Waals surface area contributed by atoms with Gasteiger partial charge in [0.2, 0.25) is 5.91 Å². The van der Waals surface area contributed by atoms with Crippen LogP contribution in [0.3, 0.4) is 0 Å². The first-order valence-electron chi connectivity index (χ1n) is 7.19. The Labute approximate surface area is 133 Å². The molecule has 3 amide bonds. The SMILES string of the molecule is CCCNC(=O)NC(=O)CN(C)Cc1nc2ccccc2s1. The van der Waals surface area contributed by atoms with E-state index in [0.717, 1.165) is 21.6 Å². The molecule has 7 heteroatoms. The minimum atomic E-state index is -0.444. The third kappa shape index (κ3) is 4.78. The van der Waals surface area contributed by atoms with Crippen molar-refractivity contribution in [3.05, 3.63) is 29.3 Å². The molecule has 0 fully saturated rings. The van der Waals surface area contributed by atoms with Crippen LogP contribution in [0.25, 0.3) is 10.2 Å². The number of imide groups is 1. The lowest BCUT2D eigenvalue weighted by Crippen LogP contribution is -2.43. The summed E-state index contributed by atoms with van der Waals surface area (Å²) in [5, 5.41) is 5.87. The summed E-state index contributed by atoms with van der Waals surface area (Å²) < 4.78 is 1.13. The van der Waals surface area contributed by atoms with E-state index in [2.05, 4.69) is 15.6 Å². The van der Waals surface area contributed by atoms with E-state index in [1.165, 1.54) is 0 Å². The van der Waals surface area contributed by atoms with E-state index in [9.17, 15) is 9.59 Å². The van der Waals surface area contributed by atoms with Gasteiger partial charge in [-0.25, -0.2) is 9.78 Å². The van der Waals surface area contributed by atoms with Crippen molar-refractivity contribution in [2.45, 2.75) is 19.9 Å². The molecule has 0 unspecified atom stereocenters. The molecule has 6 nitrogen and oxygen atoms in total. The zero-order valence-electron chi connectivity index (χ0n) is 12.8. The molecule has 118 valence electrons. The number of likely N-dealkylation sites (N-methyl/N-ethyl adjacent to an activating group) is 1. The highest BCUT2D eigenvalue weighted by Gasteiger charge is 2.12. The first kappa shape index (κ1) is 16.4. The number of nitrogens with one attached hydrogen (secondary N) is 2. The molecule has 0 spiro atoms. The Balaban J connectivity index is 1.83. The molecule has 0 saturated heterocycles. The van der Waals surface area contributed by atoms with Crippen molar-refractivity contribution in [1.29, 1.82) is 0 Å². The highest BCUT2D eigenvalue weighted by molar-refractivity contribution is 7.18. The maximum atomic E-state index is 11.8. The van der Waals surface area contributed by atoms with Crippen molar-refractivity contribution in [3.8, 4) is 0 Å². The number of para-hydroxylation sites is 1. The van der Waals surface area contributed by atoms with Gasteiger partial charge < -0.3 is 5.32 Å². The topological polar surface area (TPSA) is 74.3 Å². The summed E-state index contributed by atoms with van der Waals surface area (Å²) in [4.78, 5) is 29.5. The number of benzene rings is 1. The van der Waals surface area contributed by atoms with E-state index in [-0.39, 0.29) is 12.5 Å². The first-order chi connectivity index (χ1) is 10.6. The van der Waals surface area contributed by atoms with E-state index in [1.807, 2.05) is 43.1 Å². The quantitative estimate of drug-likeness (QED) is 0.853. The van der Waals surface area contributed by atoms with Gasteiger partial charge >= 0.3 is 6.03 Å². The molecule has 0 bridgehead atoms. The van der Waals surface area contributed by atoms with Crippen LogP contribution in [0.2, 0.25) is 0 Å². The fourth-order valence-corrected chi connectivity index (χ4v) is 3.02. The highest BCUT2D eigenvalue weighted by Crippen LogP contribution is 2.22. The lowest BCUT2D eigenvalue weighted by Gasteiger charge is -2.14. The van der Waals surface area contributed by atoms with Crippen molar-refractivity contribution >= 4 is 33.5 Å². The van der Waals surface area contributed by atoms with E-state index >= 15 is 0 Å². The third-order valence-corrected chi connectivity index (χ3v) is 3.97. The van der Waals surface area contributed by atoms with Gasteiger partial charge in [-0.05, 0) is 25.6 Å². The lowest BCUT2D eigenvalue weighted by molar-refractivity contribution is -0.120. The molecule has 0 radical (unpaired) electrons. The van der Waals surface area contributed by atoms with Crippen LogP contribution in [0.1, 0.15) is 18.4 Å². The monoisotopic (exact) mass is 320 g/mol. The molecular formula is C15H20N4O2S. The normalized spacial score (nSPS) is 10.9.